The van der Waals surface area contributed by atoms with Gasteiger partial charge in [0.1, 0.15) is 30.1 Å². The Hall–Kier alpha value is -2.99. The molecule has 5 N–H and O–H groups in total. The fraction of sp³-hybridized carbons (Fsp3) is 0.875. The van der Waals surface area contributed by atoms with Gasteiger partial charge in [-0.1, -0.05) is 54.5 Å². The molecule has 0 bridgehead atoms. The Morgan fingerprint density at radius 2 is 1.57 bits per heavy atom. The zero-order valence-corrected chi connectivity index (χ0v) is 53.4. The zero-order chi connectivity index (χ0) is 62.6. The number of halogens is 1. The van der Waals surface area contributed by atoms with E-state index in [0.717, 1.165) is 0 Å². The highest BCUT2D eigenvalue weighted by Gasteiger charge is 2.72. The predicted molar refractivity (Wildman–Crippen MR) is 309 cm³/mol. The number of nitrogens with zero attached hydrogens (tertiary/aromatic N) is 2. The standard InChI is InChI=1S/C64H105FN2O17/c1-18-47-63(13,75)53(71)38(6)67(16)26-21-24-59(8,9)55(36(4)51(37(5)56(73)81-47)83-49-33-62(12,77-17)54(72)39(7)80-49)84-57-52(45(66(14)15)29-35(3)79-57)82-48(70)22-19-20-27-78-58(74)64(76)34(2)28-42-41-31-44(65)43-30-40(68)23-25-60(43,10)50(41)46(69)32-61(42,64)11/h23,25,30,34-39,41-42,44-47,49-55,57,69,71-72,75-76H,18-22,24,26-29,31-33H2,1-17H3/t34-,35+,36+,37-,38-,39-,41?,42?,44+,45+,46?,47-,49-,50?,51+,52?,53+,54-,55?,57-,60+,61+,62+,63-,64+/m1/s1. The van der Waals surface area contributed by atoms with Crippen LogP contribution in [0.5, 0.6) is 0 Å². The Balaban J connectivity index is 1.09. The first-order valence-electron chi connectivity index (χ1n) is 31.2. The van der Waals surface area contributed by atoms with Crippen molar-refractivity contribution in [3.8, 4) is 0 Å². The molecule has 3 heterocycles. The van der Waals surface area contributed by atoms with Crippen LogP contribution in [0, 0.1) is 51.8 Å². The van der Waals surface area contributed by atoms with Crippen molar-refractivity contribution in [2.75, 3.05) is 41.4 Å². The Labute approximate surface area is 499 Å². The van der Waals surface area contributed by atoms with Crippen molar-refractivity contribution >= 4 is 23.7 Å². The molecule has 3 aliphatic heterocycles. The largest absolute Gasteiger partial charge is 0.464 e. The van der Waals surface area contributed by atoms with Crippen LogP contribution < -0.4 is 0 Å². The summed E-state index contributed by atoms with van der Waals surface area (Å²) in [4.78, 5) is 59.4. The van der Waals surface area contributed by atoms with E-state index in [1.54, 1.807) is 47.6 Å². The number of alkyl halides is 1. The van der Waals surface area contributed by atoms with Crippen molar-refractivity contribution < 1.29 is 87.0 Å². The highest BCUT2D eigenvalue weighted by Crippen LogP contribution is 2.68. The van der Waals surface area contributed by atoms with Crippen molar-refractivity contribution in [3.63, 3.8) is 0 Å². The van der Waals surface area contributed by atoms with Crippen LogP contribution in [0.2, 0.25) is 0 Å². The highest BCUT2D eigenvalue weighted by molar-refractivity contribution is 6.01. The molecule has 20 heteroatoms. The van der Waals surface area contributed by atoms with Crippen LogP contribution >= 0.6 is 0 Å². The molecule has 0 aromatic carbocycles. The lowest BCUT2D eigenvalue weighted by atomic mass is 9.46. The van der Waals surface area contributed by atoms with Gasteiger partial charge >= 0.3 is 17.9 Å². The number of allylic oxidation sites excluding steroid dienone is 4. The summed E-state index contributed by atoms with van der Waals surface area (Å²) in [6.45, 7) is 24.2. The Bertz CT molecular complexity index is 2390. The first-order valence-corrected chi connectivity index (χ1v) is 31.2. The van der Waals surface area contributed by atoms with Crippen molar-refractivity contribution in [3.05, 3.63) is 23.8 Å². The number of ketones is 1. The average Bonchev–Trinajstić information content (AvgIpc) is 1.43. The summed E-state index contributed by atoms with van der Waals surface area (Å²) in [7, 11) is 7.20. The second-order valence-corrected chi connectivity index (χ2v) is 28.4. The van der Waals surface area contributed by atoms with Crippen LogP contribution in [0.4, 0.5) is 4.39 Å². The van der Waals surface area contributed by atoms with Gasteiger partial charge in [0.2, 0.25) is 0 Å². The first kappa shape index (κ1) is 68.5. The fourth-order valence-electron chi connectivity index (χ4n) is 16.6. The lowest BCUT2D eigenvalue weighted by Gasteiger charge is -2.59. The van der Waals surface area contributed by atoms with E-state index in [1.807, 2.05) is 58.6 Å². The first-order chi connectivity index (χ1) is 39.0. The van der Waals surface area contributed by atoms with Crippen LogP contribution in [0.15, 0.2) is 23.8 Å². The third-order valence-electron chi connectivity index (χ3n) is 22.0. The molecular weight excluding hydrogens is 1090 g/mol. The maximum Gasteiger partial charge on any atom is 0.338 e. The molecule has 19 nitrogen and oxygen atoms in total. The number of likely N-dealkylation sites (N-methyl/N-ethyl adjacent to an activating group) is 2. The number of carbonyl (C=O) groups excluding carboxylic acids is 4. The highest BCUT2D eigenvalue weighted by atomic mass is 19.1. The number of hydrogen-bond acceptors (Lipinski definition) is 19. The molecule has 480 valence electrons. The Kier molecular flexibility index (Phi) is 21.4. The minimum absolute atomic E-state index is 0.0477. The lowest BCUT2D eigenvalue weighted by molar-refractivity contribution is -0.314. The summed E-state index contributed by atoms with van der Waals surface area (Å²) in [5, 5.41) is 59.2. The summed E-state index contributed by atoms with van der Waals surface area (Å²) in [6.07, 6.45) is -3.95. The minimum Gasteiger partial charge on any atom is -0.464 e. The minimum atomic E-state index is -1.97. The summed E-state index contributed by atoms with van der Waals surface area (Å²) in [6, 6.07) is -0.886. The van der Waals surface area contributed by atoms with Crippen LogP contribution in [0.25, 0.3) is 0 Å². The van der Waals surface area contributed by atoms with Gasteiger partial charge < -0.3 is 73.2 Å². The van der Waals surface area contributed by atoms with Crippen LogP contribution in [-0.2, 0) is 57.1 Å². The number of cyclic esters (lactones) is 1. The number of unbranched alkanes of at least 4 members (excludes halogenated alkanes) is 1. The molecule has 6 fully saturated rings. The van der Waals surface area contributed by atoms with Gasteiger partial charge in [0.15, 0.2) is 30.1 Å². The molecule has 0 spiro atoms. The van der Waals surface area contributed by atoms with Crippen LogP contribution in [0.1, 0.15) is 161 Å². The molecule has 0 aromatic heterocycles. The quantitative estimate of drug-likeness (QED) is 0.0717. The second kappa shape index (κ2) is 26.2. The monoisotopic (exact) mass is 1190 g/mol. The number of methoxy groups -OCH3 is 1. The number of carbonyl (C=O) groups is 4. The van der Waals surface area contributed by atoms with Gasteiger partial charge in [-0.05, 0) is 168 Å². The second-order valence-electron chi connectivity index (χ2n) is 28.4. The van der Waals surface area contributed by atoms with Crippen LogP contribution in [0.3, 0.4) is 0 Å². The third-order valence-corrected chi connectivity index (χ3v) is 22.0. The molecule has 3 saturated heterocycles. The fourth-order valence-corrected chi connectivity index (χ4v) is 16.6. The van der Waals surface area contributed by atoms with Crippen molar-refractivity contribution in [1.29, 1.82) is 0 Å². The molecule has 6 unspecified atom stereocenters. The molecule has 0 amide bonds. The topological polar surface area (TPSA) is 250 Å². The van der Waals surface area contributed by atoms with E-state index < -0.39 is 148 Å². The van der Waals surface area contributed by atoms with E-state index >= 15 is 4.39 Å². The molecule has 7 rings (SSSR count). The number of hydrogen-bond donors (Lipinski definition) is 5. The smallest absolute Gasteiger partial charge is 0.338 e. The van der Waals surface area contributed by atoms with Gasteiger partial charge in [-0.25, -0.2) is 9.18 Å². The number of rotatable bonds is 14. The lowest BCUT2D eigenvalue weighted by Crippen LogP contribution is -2.63. The maximum atomic E-state index is 16.1. The molecule has 4 aliphatic carbocycles. The van der Waals surface area contributed by atoms with Gasteiger partial charge in [0.25, 0.3) is 0 Å². The molecule has 7 aliphatic rings. The van der Waals surface area contributed by atoms with E-state index in [9.17, 15) is 44.7 Å². The number of ether oxygens (including phenoxy) is 8. The molecular formula is C64H105FN2O17. The van der Waals surface area contributed by atoms with Gasteiger partial charge in [-0.15, -0.1) is 0 Å². The predicted octanol–water partition coefficient (Wildman–Crippen LogP) is 6.40. The average molecular weight is 1190 g/mol. The number of esters is 3. The van der Waals surface area contributed by atoms with E-state index in [-0.39, 0.29) is 81.3 Å². The van der Waals surface area contributed by atoms with Crippen molar-refractivity contribution in [2.45, 2.75) is 263 Å². The molecule has 25 atom stereocenters. The summed E-state index contributed by atoms with van der Waals surface area (Å²) in [5.74, 6) is -5.59. The summed E-state index contributed by atoms with van der Waals surface area (Å²) < 4.78 is 67.6. The van der Waals surface area contributed by atoms with Gasteiger partial charge in [-0.3, -0.25) is 14.4 Å². The van der Waals surface area contributed by atoms with Crippen LogP contribution in [-0.4, -0.2) is 203 Å². The molecule has 3 saturated carbocycles. The normalized spacial score (nSPS) is 46.8. The van der Waals surface area contributed by atoms with E-state index in [1.165, 1.54) is 26.2 Å². The number of aliphatic hydroxyl groups is 5. The third kappa shape index (κ3) is 13.0. The Morgan fingerprint density at radius 1 is 0.893 bits per heavy atom. The van der Waals surface area contributed by atoms with Crippen molar-refractivity contribution in [1.82, 2.24) is 9.80 Å². The summed E-state index contributed by atoms with van der Waals surface area (Å²) >= 11 is 0. The zero-order valence-electron chi connectivity index (χ0n) is 53.4. The van der Waals surface area contributed by atoms with Gasteiger partial charge in [0, 0.05) is 48.7 Å². The van der Waals surface area contributed by atoms with E-state index in [4.69, 9.17) is 37.9 Å². The number of aliphatic hydroxyl groups excluding tert-OH is 3. The maximum absolute atomic E-state index is 16.1. The SMILES string of the molecule is CC[C@H]1OC(=O)[C@H](C)[C@@H](O[C@@H]2C[C@](C)(OC)[C@H](O)[C@@H](C)O2)[C@H](C)C(O[C@H]2O[C@@H](C)C[C@H](N(C)C)C2OC(=O)CCCCOC(=O)[C@@]2(O)[C@H](C)CC3C4C[C@H](F)C5=CC(=O)C=C[C@]5(C)C4C(O)C[C@@]32C)C(C)(C)CCCN(C)[C@H](C)[C@H](O)[C@]1(C)O. The summed E-state index contributed by atoms with van der Waals surface area (Å²) in [5.41, 5.74) is -7.20. The van der Waals surface area contributed by atoms with Gasteiger partial charge in [0.05, 0.1) is 54.7 Å². The van der Waals surface area contributed by atoms with E-state index in [0.29, 0.717) is 37.8 Å². The van der Waals surface area contributed by atoms with Gasteiger partial charge in [-0.2, -0.15) is 0 Å². The molecule has 84 heavy (non-hydrogen) atoms. The molecule has 0 aromatic rings. The van der Waals surface area contributed by atoms with Crippen molar-refractivity contribution in [2.24, 2.45) is 51.8 Å². The Morgan fingerprint density at radius 3 is 2.21 bits per heavy atom. The number of fused-ring (bicyclic) bond motifs is 5. The van der Waals surface area contributed by atoms with E-state index in [2.05, 4.69) is 13.8 Å². The molecule has 0 radical (unpaired) electrons.